The molecule has 0 aromatic heterocycles. The van der Waals surface area contributed by atoms with Gasteiger partial charge in [0, 0.05) is 12.0 Å². The first kappa shape index (κ1) is 12.9. The molecule has 3 aromatic rings. The van der Waals surface area contributed by atoms with E-state index in [9.17, 15) is 0 Å². The molecule has 0 amide bonds. The topological polar surface area (TPSA) is 26.0 Å². The second-order valence-electron chi connectivity index (χ2n) is 5.29. The molecule has 2 atom stereocenters. The molecule has 0 spiro atoms. The van der Waals surface area contributed by atoms with Crippen molar-refractivity contribution in [1.29, 1.82) is 0 Å². The Balaban J connectivity index is 2.03. The molecule has 0 saturated carbocycles. The van der Waals surface area contributed by atoms with Gasteiger partial charge in [-0.25, -0.2) is 0 Å². The SMILES string of the molecule is CC(c1cccc2ccccc12)C(N)c1ccccc1. The van der Waals surface area contributed by atoms with Gasteiger partial charge in [0.15, 0.2) is 0 Å². The number of nitrogens with two attached hydrogens (primary N) is 1. The molecule has 3 aromatic carbocycles. The van der Waals surface area contributed by atoms with E-state index in [1.165, 1.54) is 21.9 Å². The van der Waals surface area contributed by atoms with Gasteiger partial charge in [-0.3, -0.25) is 0 Å². The lowest BCUT2D eigenvalue weighted by Crippen LogP contribution is -2.17. The molecule has 1 heteroatoms. The van der Waals surface area contributed by atoms with Crippen molar-refractivity contribution in [3.05, 3.63) is 83.9 Å². The molecule has 2 N–H and O–H groups in total. The summed E-state index contributed by atoms with van der Waals surface area (Å²) in [7, 11) is 0. The Morgan fingerprint density at radius 1 is 0.750 bits per heavy atom. The van der Waals surface area contributed by atoms with Gasteiger partial charge in [-0.2, -0.15) is 0 Å². The Bertz CT molecular complexity index is 698. The second kappa shape index (κ2) is 5.48. The van der Waals surface area contributed by atoms with E-state index in [2.05, 4.69) is 61.5 Å². The molecule has 0 heterocycles. The van der Waals surface area contributed by atoms with Gasteiger partial charge in [0.05, 0.1) is 0 Å². The van der Waals surface area contributed by atoms with E-state index in [1.807, 2.05) is 18.2 Å². The van der Waals surface area contributed by atoms with E-state index in [0.717, 1.165) is 0 Å². The van der Waals surface area contributed by atoms with Crippen LogP contribution in [0.1, 0.15) is 30.0 Å². The first-order valence-electron chi connectivity index (χ1n) is 7.05. The average Bonchev–Trinajstić information content (AvgIpc) is 2.54. The fourth-order valence-electron chi connectivity index (χ4n) is 2.80. The standard InChI is InChI=1S/C19H19N/c1-14(19(20)16-9-3-2-4-10-16)17-13-7-11-15-8-5-6-12-18(15)17/h2-14,19H,20H2,1H3. The van der Waals surface area contributed by atoms with Crippen LogP contribution in [0.25, 0.3) is 10.8 Å². The number of fused-ring (bicyclic) bond motifs is 1. The molecular weight excluding hydrogens is 242 g/mol. The molecule has 0 radical (unpaired) electrons. The molecule has 2 unspecified atom stereocenters. The third kappa shape index (κ3) is 2.33. The molecule has 3 rings (SSSR count). The summed E-state index contributed by atoms with van der Waals surface area (Å²) < 4.78 is 0. The van der Waals surface area contributed by atoms with Gasteiger partial charge in [0.2, 0.25) is 0 Å². The zero-order valence-corrected chi connectivity index (χ0v) is 11.7. The van der Waals surface area contributed by atoms with Crippen molar-refractivity contribution in [2.24, 2.45) is 5.73 Å². The van der Waals surface area contributed by atoms with Crippen LogP contribution < -0.4 is 5.73 Å². The summed E-state index contributed by atoms with van der Waals surface area (Å²) in [5.74, 6) is 0.281. The van der Waals surface area contributed by atoms with Gasteiger partial charge < -0.3 is 5.73 Å². The first-order valence-corrected chi connectivity index (χ1v) is 7.05. The van der Waals surface area contributed by atoms with E-state index in [0.29, 0.717) is 0 Å². The van der Waals surface area contributed by atoms with Crippen LogP contribution in [0.15, 0.2) is 72.8 Å². The van der Waals surface area contributed by atoms with Crippen LogP contribution in [0.2, 0.25) is 0 Å². The van der Waals surface area contributed by atoms with Gasteiger partial charge in [-0.15, -0.1) is 0 Å². The highest BCUT2D eigenvalue weighted by Crippen LogP contribution is 2.33. The fourth-order valence-corrected chi connectivity index (χ4v) is 2.80. The quantitative estimate of drug-likeness (QED) is 0.730. The summed E-state index contributed by atoms with van der Waals surface area (Å²) in [6.45, 7) is 2.21. The normalized spacial score (nSPS) is 14.1. The van der Waals surface area contributed by atoms with E-state index in [1.54, 1.807) is 0 Å². The minimum absolute atomic E-state index is 0.0157. The number of benzene rings is 3. The van der Waals surface area contributed by atoms with E-state index < -0.39 is 0 Å². The molecule has 0 saturated heterocycles. The van der Waals surface area contributed by atoms with Crippen molar-refractivity contribution in [2.45, 2.75) is 18.9 Å². The zero-order valence-electron chi connectivity index (χ0n) is 11.7. The maximum absolute atomic E-state index is 6.46. The number of hydrogen-bond donors (Lipinski definition) is 1. The lowest BCUT2D eigenvalue weighted by atomic mass is 9.86. The molecule has 0 aliphatic rings. The Hall–Kier alpha value is -2.12. The van der Waals surface area contributed by atoms with Gasteiger partial charge in [-0.1, -0.05) is 79.7 Å². The molecule has 0 bridgehead atoms. The van der Waals surface area contributed by atoms with Crippen LogP contribution in [-0.2, 0) is 0 Å². The fraction of sp³-hybridized carbons (Fsp3) is 0.158. The maximum Gasteiger partial charge on any atom is 0.0362 e. The highest BCUT2D eigenvalue weighted by Gasteiger charge is 2.18. The predicted octanol–water partition coefficient (Wildman–Crippen LogP) is 4.64. The van der Waals surface area contributed by atoms with Crippen molar-refractivity contribution >= 4 is 10.8 Å². The molecular formula is C19H19N. The van der Waals surface area contributed by atoms with Gasteiger partial charge in [0.25, 0.3) is 0 Å². The minimum Gasteiger partial charge on any atom is -0.323 e. The third-order valence-electron chi connectivity index (χ3n) is 4.04. The van der Waals surface area contributed by atoms with Crippen molar-refractivity contribution in [3.63, 3.8) is 0 Å². The summed E-state index contributed by atoms with van der Waals surface area (Å²) in [5, 5.41) is 2.57. The zero-order chi connectivity index (χ0) is 13.9. The first-order chi connectivity index (χ1) is 9.77. The largest absolute Gasteiger partial charge is 0.323 e. The van der Waals surface area contributed by atoms with Crippen LogP contribution in [0.5, 0.6) is 0 Å². The van der Waals surface area contributed by atoms with E-state index in [-0.39, 0.29) is 12.0 Å². The molecule has 100 valence electrons. The molecule has 0 aliphatic carbocycles. The van der Waals surface area contributed by atoms with Crippen LogP contribution in [0.4, 0.5) is 0 Å². The van der Waals surface area contributed by atoms with Crippen molar-refractivity contribution < 1.29 is 0 Å². The maximum atomic E-state index is 6.46. The van der Waals surface area contributed by atoms with Crippen LogP contribution in [-0.4, -0.2) is 0 Å². The smallest absolute Gasteiger partial charge is 0.0362 e. The molecule has 0 fully saturated rings. The molecule has 0 aliphatic heterocycles. The highest BCUT2D eigenvalue weighted by molar-refractivity contribution is 5.86. The second-order valence-corrected chi connectivity index (χ2v) is 5.29. The summed E-state index contributed by atoms with van der Waals surface area (Å²) in [4.78, 5) is 0. The van der Waals surface area contributed by atoms with Crippen molar-refractivity contribution in [3.8, 4) is 0 Å². The number of hydrogen-bond acceptors (Lipinski definition) is 1. The van der Waals surface area contributed by atoms with Gasteiger partial charge in [-0.05, 0) is 21.9 Å². The Morgan fingerprint density at radius 3 is 2.20 bits per heavy atom. The van der Waals surface area contributed by atoms with Gasteiger partial charge in [0.1, 0.15) is 0 Å². The number of rotatable bonds is 3. The van der Waals surface area contributed by atoms with Crippen LogP contribution >= 0.6 is 0 Å². The summed E-state index contributed by atoms with van der Waals surface area (Å²) in [6.07, 6.45) is 0. The Kier molecular flexibility index (Phi) is 3.53. The van der Waals surface area contributed by atoms with Crippen molar-refractivity contribution in [1.82, 2.24) is 0 Å². The lowest BCUT2D eigenvalue weighted by Gasteiger charge is -2.22. The Morgan fingerprint density at radius 2 is 1.40 bits per heavy atom. The third-order valence-corrected chi connectivity index (χ3v) is 4.04. The average molecular weight is 261 g/mol. The molecule has 1 nitrogen and oxygen atoms in total. The van der Waals surface area contributed by atoms with E-state index >= 15 is 0 Å². The molecule has 20 heavy (non-hydrogen) atoms. The van der Waals surface area contributed by atoms with Gasteiger partial charge >= 0.3 is 0 Å². The van der Waals surface area contributed by atoms with E-state index in [4.69, 9.17) is 5.73 Å². The predicted molar refractivity (Wildman–Crippen MR) is 85.7 cm³/mol. The van der Waals surface area contributed by atoms with Crippen LogP contribution in [0, 0.1) is 0 Å². The highest BCUT2D eigenvalue weighted by atomic mass is 14.6. The summed E-state index contributed by atoms with van der Waals surface area (Å²) in [5.41, 5.74) is 8.97. The van der Waals surface area contributed by atoms with Crippen molar-refractivity contribution in [2.75, 3.05) is 0 Å². The van der Waals surface area contributed by atoms with Crippen LogP contribution in [0.3, 0.4) is 0 Å². The minimum atomic E-state index is 0.0157. The monoisotopic (exact) mass is 261 g/mol. The Labute approximate surface area is 120 Å². The summed E-state index contributed by atoms with van der Waals surface area (Å²) >= 11 is 0. The lowest BCUT2D eigenvalue weighted by molar-refractivity contribution is 0.601. The summed E-state index contributed by atoms with van der Waals surface area (Å²) in [6, 6.07) is 25.3.